The number of carbonyl (C=O) groups is 1. The van der Waals surface area contributed by atoms with Crippen LogP contribution in [0, 0.1) is 0 Å². The zero-order valence-corrected chi connectivity index (χ0v) is 11.8. The van der Waals surface area contributed by atoms with Crippen LogP contribution in [0.1, 0.15) is 26.2 Å². The predicted molar refractivity (Wildman–Crippen MR) is 79.6 cm³/mol. The third-order valence-electron chi connectivity index (χ3n) is 3.57. The van der Waals surface area contributed by atoms with Crippen LogP contribution in [0.15, 0.2) is 24.3 Å². The van der Waals surface area contributed by atoms with E-state index in [9.17, 15) is 4.79 Å². The Balaban J connectivity index is 2.21. The van der Waals surface area contributed by atoms with E-state index in [1.807, 2.05) is 30.0 Å². The molecular formula is C15H23N3O. The lowest BCUT2D eigenvalue weighted by Crippen LogP contribution is -2.32. The van der Waals surface area contributed by atoms with Crippen molar-refractivity contribution in [3.05, 3.63) is 24.3 Å². The summed E-state index contributed by atoms with van der Waals surface area (Å²) in [6, 6.07) is 8.19. The van der Waals surface area contributed by atoms with Gasteiger partial charge in [0.1, 0.15) is 0 Å². The fraction of sp³-hybridized carbons (Fsp3) is 0.533. The average molecular weight is 261 g/mol. The van der Waals surface area contributed by atoms with Gasteiger partial charge in [0, 0.05) is 32.6 Å². The SMILES string of the molecule is CC(N)CCC(=O)N1CCCN(C)c2ccccc21. The molecule has 4 heteroatoms. The molecule has 1 aliphatic rings. The summed E-state index contributed by atoms with van der Waals surface area (Å²) >= 11 is 0. The molecule has 0 radical (unpaired) electrons. The van der Waals surface area contributed by atoms with Gasteiger partial charge < -0.3 is 15.5 Å². The van der Waals surface area contributed by atoms with Crippen LogP contribution in [-0.4, -0.2) is 32.1 Å². The largest absolute Gasteiger partial charge is 0.373 e. The molecule has 0 spiro atoms. The third-order valence-corrected chi connectivity index (χ3v) is 3.57. The van der Waals surface area contributed by atoms with Gasteiger partial charge in [0.15, 0.2) is 0 Å². The molecule has 4 nitrogen and oxygen atoms in total. The average Bonchev–Trinajstić information content (AvgIpc) is 2.56. The summed E-state index contributed by atoms with van der Waals surface area (Å²) in [4.78, 5) is 16.5. The van der Waals surface area contributed by atoms with Crippen LogP contribution in [0.2, 0.25) is 0 Å². The molecule has 1 atom stereocenters. The molecule has 2 N–H and O–H groups in total. The van der Waals surface area contributed by atoms with E-state index in [0.717, 1.165) is 37.3 Å². The summed E-state index contributed by atoms with van der Waals surface area (Å²) in [5.41, 5.74) is 7.90. The highest BCUT2D eigenvalue weighted by molar-refractivity contribution is 5.97. The zero-order chi connectivity index (χ0) is 13.8. The van der Waals surface area contributed by atoms with E-state index in [1.165, 1.54) is 0 Å². The van der Waals surface area contributed by atoms with Crippen molar-refractivity contribution >= 4 is 17.3 Å². The summed E-state index contributed by atoms with van der Waals surface area (Å²) in [6.07, 6.45) is 2.26. The molecule has 0 bridgehead atoms. The first-order chi connectivity index (χ1) is 9.09. The number of benzene rings is 1. The number of rotatable bonds is 3. The highest BCUT2D eigenvalue weighted by atomic mass is 16.2. The molecule has 1 unspecified atom stereocenters. The molecule has 0 saturated heterocycles. The first kappa shape index (κ1) is 13.9. The van der Waals surface area contributed by atoms with Gasteiger partial charge in [-0.05, 0) is 31.9 Å². The summed E-state index contributed by atoms with van der Waals surface area (Å²) in [5.74, 6) is 0.181. The van der Waals surface area contributed by atoms with Crippen molar-refractivity contribution in [3.8, 4) is 0 Å². The summed E-state index contributed by atoms with van der Waals surface area (Å²) in [5, 5.41) is 0. The predicted octanol–water partition coefficient (Wildman–Crippen LogP) is 1.99. The number of amides is 1. The Morgan fingerprint density at radius 3 is 2.68 bits per heavy atom. The van der Waals surface area contributed by atoms with E-state index in [4.69, 9.17) is 5.73 Å². The van der Waals surface area contributed by atoms with Gasteiger partial charge >= 0.3 is 0 Å². The molecule has 0 aromatic heterocycles. The van der Waals surface area contributed by atoms with Crippen molar-refractivity contribution in [3.63, 3.8) is 0 Å². The number of para-hydroxylation sites is 2. The van der Waals surface area contributed by atoms with Crippen LogP contribution in [0.25, 0.3) is 0 Å². The van der Waals surface area contributed by atoms with Crippen LogP contribution in [0.3, 0.4) is 0 Å². The van der Waals surface area contributed by atoms with Gasteiger partial charge in [0.25, 0.3) is 0 Å². The molecule has 0 aliphatic carbocycles. The Kier molecular flexibility index (Phi) is 4.43. The molecule has 104 valence electrons. The monoisotopic (exact) mass is 261 g/mol. The maximum atomic E-state index is 12.4. The summed E-state index contributed by atoms with van der Waals surface area (Å²) in [7, 11) is 2.08. The van der Waals surface area contributed by atoms with Crippen LogP contribution >= 0.6 is 0 Å². The smallest absolute Gasteiger partial charge is 0.227 e. The van der Waals surface area contributed by atoms with Gasteiger partial charge in [0.05, 0.1) is 11.4 Å². The van der Waals surface area contributed by atoms with Gasteiger partial charge in [-0.1, -0.05) is 12.1 Å². The molecular weight excluding hydrogens is 238 g/mol. The molecule has 1 aliphatic heterocycles. The van der Waals surface area contributed by atoms with Crippen molar-refractivity contribution in [2.75, 3.05) is 29.9 Å². The molecule has 2 rings (SSSR count). The first-order valence-electron chi connectivity index (χ1n) is 6.95. The lowest BCUT2D eigenvalue weighted by Gasteiger charge is -2.24. The van der Waals surface area contributed by atoms with E-state index in [2.05, 4.69) is 18.0 Å². The Labute approximate surface area is 115 Å². The number of hydrogen-bond acceptors (Lipinski definition) is 3. The first-order valence-corrected chi connectivity index (χ1v) is 6.95. The topological polar surface area (TPSA) is 49.6 Å². The summed E-state index contributed by atoms with van der Waals surface area (Å²) in [6.45, 7) is 3.71. The number of hydrogen-bond donors (Lipinski definition) is 1. The van der Waals surface area contributed by atoms with Gasteiger partial charge in [0.2, 0.25) is 5.91 Å². The second kappa shape index (κ2) is 6.06. The minimum absolute atomic E-state index is 0.0776. The van der Waals surface area contributed by atoms with E-state index >= 15 is 0 Å². The molecule has 1 amide bonds. The summed E-state index contributed by atoms with van der Waals surface area (Å²) < 4.78 is 0. The van der Waals surface area contributed by atoms with Crippen molar-refractivity contribution in [1.29, 1.82) is 0 Å². The van der Waals surface area contributed by atoms with Crippen LogP contribution in [0.5, 0.6) is 0 Å². The lowest BCUT2D eigenvalue weighted by molar-refractivity contribution is -0.118. The number of fused-ring (bicyclic) bond motifs is 1. The van der Waals surface area contributed by atoms with E-state index in [0.29, 0.717) is 6.42 Å². The standard InChI is InChI=1S/C15H23N3O/c1-12(16)8-9-15(19)18-11-5-10-17(2)13-6-3-4-7-14(13)18/h3-4,6-7,12H,5,8-11,16H2,1-2H3. The number of nitrogens with two attached hydrogens (primary N) is 1. The molecule has 1 heterocycles. The molecule has 0 fully saturated rings. The second-order valence-corrected chi connectivity index (χ2v) is 5.33. The van der Waals surface area contributed by atoms with Gasteiger partial charge in [-0.2, -0.15) is 0 Å². The zero-order valence-electron chi connectivity index (χ0n) is 11.8. The Morgan fingerprint density at radius 1 is 1.32 bits per heavy atom. The van der Waals surface area contributed by atoms with Crippen LogP contribution < -0.4 is 15.5 Å². The fourth-order valence-electron chi connectivity index (χ4n) is 2.47. The minimum atomic E-state index is 0.0776. The van der Waals surface area contributed by atoms with E-state index in [1.54, 1.807) is 0 Å². The van der Waals surface area contributed by atoms with E-state index < -0.39 is 0 Å². The maximum Gasteiger partial charge on any atom is 0.227 e. The number of anilines is 2. The lowest BCUT2D eigenvalue weighted by atomic mass is 10.1. The van der Waals surface area contributed by atoms with Gasteiger partial charge in [-0.25, -0.2) is 0 Å². The number of nitrogens with zero attached hydrogens (tertiary/aromatic N) is 2. The fourth-order valence-corrected chi connectivity index (χ4v) is 2.47. The van der Waals surface area contributed by atoms with Gasteiger partial charge in [-0.15, -0.1) is 0 Å². The van der Waals surface area contributed by atoms with Crippen molar-refractivity contribution in [2.45, 2.75) is 32.2 Å². The minimum Gasteiger partial charge on any atom is -0.373 e. The van der Waals surface area contributed by atoms with Crippen molar-refractivity contribution in [1.82, 2.24) is 0 Å². The Hall–Kier alpha value is -1.55. The Bertz CT molecular complexity index is 445. The normalized spacial score (nSPS) is 16.8. The molecule has 1 aromatic carbocycles. The van der Waals surface area contributed by atoms with Gasteiger partial charge in [-0.3, -0.25) is 4.79 Å². The second-order valence-electron chi connectivity index (χ2n) is 5.33. The number of carbonyl (C=O) groups excluding carboxylic acids is 1. The highest BCUT2D eigenvalue weighted by Crippen LogP contribution is 2.31. The molecule has 19 heavy (non-hydrogen) atoms. The highest BCUT2D eigenvalue weighted by Gasteiger charge is 2.22. The maximum absolute atomic E-state index is 12.4. The molecule has 0 saturated carbocycles. The van der Waals surface area contributed by atoms with Crippen LogP contribution in [-0.2, 0) is 4.79 Å². The van der Waals surface area contributed by atoms with Crippen molar-refractivity contribution in [2.24, 2.45) is 5.73 Å². The quantitative estimate of drug-likeness (QED) is 0.905. The molecule has 1 aromatic rings. The van der Waals surface area contributed by atoms with Crippen molar-refractivity contribution < 1.29 is 4.79 Å². The van der Waals surface area contributed by atoms with E-state index in [-0.39, 0.29) is 11.9 Å². The third kappa shape index (κ3) is 3.26. The Morgan fingerprint density at radius 2 is 2.00 bits per heavy atom. The van der Waals surface area contributed by atoms with Crippen LogP contribution in [0.4, 0.5) is 11.4 Å².